The number of hydrogen-bond acceptors (Lipinski definition) is 0. The molecular formula is C6H13ClMg. The van der Waals surface area contributed by atoms with Crippen LogP contribution in [0.2, 0.25) is 0 Å². The van der Waals surface area contributed by atoms with Crippen molar-refractivity contribution in [1.82, 2.24) is 0 Å². The van der Waals surface area contributed by atoms with Gasteiger partial charge in [-0.15, -0.1) is 0 Å². The van der Waals surface area contributed by atoms with Crippen LogP contribution >= 0.6 is 0 Å². The fourth-order valence-corrected chi connectivity index (χ4v) is 0.250. The predicted molar refractivity (Wildman–Crippen MR) is 35.3 cm³/mol. The molecule has 0 spiro atoms. The van der Waals surface area contributed by atoms with E-state index >= 15 is 0 Å². The Morgan fingerprint density at radius 2 is 1.38 bits per heavy atom. The molecule has 0 atom stereocenters. The van der Waals surface area contributed by atoms with Crippen LogP contribution in [0.5, 0.6) is 0 Å². The second kappa shape index (κ2) is 10.9. The number of halogens is 1. The van der Waals surface area contributed by atoms with Crippen molar-refractivity contribution in [3.8, 4) is 0 Å². The first-order valence-corrected chi connectivity index (χ1v) is 2.62. The molecule has 0 amide bonds. The molecule has 0 N–H and O–H groups in total. The quantitative estimate of drug-likeness (QED) is 0.346. The van der Waals surface area contributed by atoms with Gasteiger partial charge in [-0.3, -0.25) is 0 Å². The van der Waals surface area contributed by atoms with E-state index in [2.05, 4.69) is 20.8 Å². The average molecular weight is 145 g/mol. The van der Waals surface area contributed by atoms with E-state index in [1.807, 2.05) is 0 Å². The smallest absolute Gasteiger partial charge is 1.00 e. The molecule has 0 aliphatic carbocycles. The Bertz CT molecular complexity index is 27.7. The summed E-state index contributed by atoms with van der Waals surface area (Å²) in [5.74, 6) is 1.59. The SMILES string of the molecule is CC[C-](C)CC.[Cl-].[Mg+2]. The molecular weight excluding hydrogens is 132 g/mol. The van der Waals surface area contributed by atoms with E-state index in [9.17, 15) is 0 Å². The second-order valence-corrected chi connectivity index (χ2v) is 1.66. The van der Waals surface area contributed by atoms with Gasteiger partial charge in [0.1, 0.15) is 0 Å². The van der Waals surface area contributed by atoms with Crippen LogP contribution in [0, 0.1) is 5.92 Å². The molecule has 0 aliphatic rings. The molecule has 0 aromatic heterocycles. The van der Waals surface area contributed by atoms with Gasteiger partial charge >= 0.3 is 23.1 Å². The monoisotopic (exact) mass is 144 g/mol. The summed E-state index contributed by atoms with van der Waals surface area (Å²) in [5, 5.41) is 0. The predicted octanol–water partition coefficient (Wildman–Crippen LogP) is -0.976. The maximum atomic E-state index is 2.19. The van der Waals surface area contributed by atoms with Gasteiger partial charge in [-0.1, -0.05) is 13.8 Å². The normalized spacial score (nSPS) is 7.50. The van der Waals surface area contributed by atoms with Crippen molar-refractivity contribution in [2.45, 2.75) is 33.6 Å². The summed E-state index contributed by atoms with van der Waals surface area (Å²) >= 11 is 0. The van der Waals surface area contributed by atoms with Gasteiger partial charge in [-0.2, -0.15) is 19.8 Å². The summed E-state index contributed by atoms with van der Waals surface area (Å²) in [7, 11) is 0. The first-order chi connectivity index (χ1) is 2.81. The van der Waals surface area contributed by atoms with E-state index < -0.39 is 0 Å². The molecule has 0 saturated heterocycles. The van der Waals surface area contributed by atoms with Gasteiger partial charge in [-0.05, 0) is 0 Å². The van der Waals surface area contributed by atoms with Gasteiger partial charge in [-0.25, -0.2) is 0 Å². The Morgan fingerprint density at radius 1 is 1.12 bits per heavy atom. The fourth-order valence-electron chi connectivity index (χ4n) is 0.250. The summed E-state index contributed by atoms with van der Waals surface area (Å²) in [4.78, 5) is 0. The zero-order valence-electron chi connectivity index (χ0n) is 6.00. The van der Waals surface area contributed by atoms with Crippen molar-refractivity contribution in [3.05, 3.63) is 5.92 Å². The van der Waals surface area contributed by atoms with Crippen molar-refractivity contribution in [2.75, 3.05) is 0 Å². The van der Waals surface area contributed by atoms with E-state index in [1.54, 1.807) is 5.92 Å². The third-order valence-electron chi connectivity index (χ3n) is 1.21. The molecule has 0 rings (SSSR count). The Labute approximate surface area is 75.0 Å². The molecule has 0 radical (unpaired) electrons. The van der Waals surface area contributed by atoms with Gasteiger partial charge < -0.3 is 18.3 Å². The molecule has 2 heteroatoms. The molecule has 0 bridgehead atoms. The summed E-state index contributed by atoms with van der Waals surface area (Å²) in [5.41, 5.74) is 0. The van der Waals surface area contributed by atoms with Gasteiger partial charge in [0.05, 0.1) is 0 Å². The molecule has 0 saturated carbocycles. The number of hydrogen-bond donors (Lipinski definition) is 0. The maximum absolute atomic E-state index is 2.19. The molecule has 0 aromatic carbocycles. The Kier molecular flexibility index (Phi) is 21.9. The minimum atomic E-state index is 0. The zero-order valence-corrected chi connectivity index (χ0v) is 8.17. The molecule has 0 heterocycles. The third-order valence-corrected chi connectivity index (χ3v) is 1.21. The third kappa shape index (κ3) is 10.1. The molecule has 0 aromatic rings. The van der Waals surface area contributed by atoms with Crippen LogP contribution in [-0.2, 0) is 0 Å². The Balaban J connectivity index is -0.000000125. The summed E-state index contributed by atoms with van der Waals surface area (Å²) < 4.78 is 0. The number of rotatable bonds is 2. The summed E-state index contributed by atoms with van der Waals surface area (Å²) in [6, 6.07) is 0. The molecule has 0 unspecified atom stereocenters. The largest absolute Gasteiger partial charge is 2.00 e. The van der Waals surface area contributed by atoms with Gasteiger partial charge in [0, 0.05) is 0 Å². The molecule has 8 heavy (non-hydrogen) atoms. The summed E-state index contributed by atoms with van der Waals surface area (Å²) in [6.45, 7) is 6.58. The summed E-state index contributed by atoms with van der Waals surface area (Å²) in [6.07, 6.45) is 2.49. The van der Waals surface area contributed by atoms with E-state index in [4.69, 9.17) is 0 Å². The van der Waals surface area contributed by atoms with E-state index in [-0.39, 0.29) is 35.5 Å². The van der Waals surface area contributed by atoms with Crippen LogP contribution in [0.1, 0.15) is 33.6 Å². The fraction of sp³-hybridized carbons (Fsp3) is 0.833. The molecule has 46 valence electrons. The van der Waals surface area contributed by atoms with Crippen LogP contribution < -0.4 is 12.4 Å². The van der Waals surface area contributed by atoms with Crippen molar-refractivity contribution >= 4 is 23.1 Å². The zero-order chi connectivity index (χ0) is 4.99. The van der Waals surface area contributed by atoms with Crippen LogP contribution in [0.3, 0.4) is 0 Å². The van der Waals surface area contributed by atoms with Crippen LogP contribution in [0.4, 0.5) is 0 Å². The van der Waals surface area contributed by atoms with Gasteiger partial charge in [0.25, 0.3) is 0 Å². The van der Waals surface area contributed by atoms with E-state index in [1.165, 1.54) is 12.8 Å². The van der Waals surface area contributed by atoms with Crippen molar-refractivity contribution in [1.29, 1.82) is 0 Å². The molecule has 0 fully saturated rings. The average Bonchev–Trinajstić information content (AvgIpc) is 1.65. The standard InChI is InChI=1S/C6H13.ClH.Mg/c1-4-6(3)5-2;;/h4-5H2,1-3H3;1H;/q-1;;+2/p-1. The van der Waals surface area contributed by atoms with Crippen molar-refractivity contribution in [2.24, 2.45) is 0 Å². The second-order valence-electron chi connectivity index (χ2n) is 1.66. The van der Waals surface area contributed by atoms with Crippen molar-refractivity contribution in [3.63, 3.8) is 0 Å². The Morgan fingerprint density at radius 3 is 1.38 bits per heavy atom. The van der Waals surface area contributed by atoms with Crippen molar-refractivity contribution < 1.29 is 12.4 Å². The first-order valence-electron chi connectivity index (χ1n) is 2.62. The Hall–Kier alpha value is 1.06. The van der Waals surface area contributed by atoms with E-state index in [0.717, 1.165) is 0 Å². The van der Waals surface area contributed by atoms with Gasteiger partial charge in [0.2, 0.25) is 0 Å². The van der Waals surface area contributed by atoms with Crippen LogP contribution in [0.25, 0.3) is 0 Å². The molecule has 0 nitrogen and oxygen atoms in total. The van der Waals surface area contributed by atoms with Crippen LogP contribution in [-0.4, -0.2) is 23.1 Å². The minimum Gasteiger partial charge on any atom is -1.00 e. The minimum absolute atomic E-state index is 0. The van der Waals surface area contributed by atoms with Crippen LogP contribution in [0.15, 0.2) is 0 Å². The maximum Gasteiger partial charge on any atom is 2.00 e. The first kappa shape index (κ1) is 16.0. The van der Waals surface area contributed by atoms with Gasteiger partial charge in [0.15, 0.2) is 0 Å². The topological polar surface area (TPSA) is 0 Å². The van der Waals surface area contributed by atoms with E-state index in [0.29, 0.717) is 0 Å². The molecule has 0 aliphatic heterocycles.